The van der Waals surface area contributed by atoms with Gasteiger partial charge in [-0.05, 0) is 63.1 Å². The molecule has 0 atom stereocenters. The highest BCUT2D eigenvalue weighted by Crippen LogP contribution is 2.35. The molecule has 1 aromatic heterocycles. The van der Waals surface area contributed by atoms with Crippen molar-refractivity contribution in [1.29, 1.82) is 0 Å². The molecule has 1 saturated heterocycles. The van der Waals surface area contributed by atoms with Gasteiger partial charge < -0.3 is 23.7 Å². The Balaban J connectivity index is 1.50. The monoisotopic (exact) mass is 423 g/mol. The maximum Gasteiger partial charge on any atom is 0.369 e. The van der Waals surface area contributed by atoms with Gasteiger partial charge in [0.25, 0.3) is 5.79 Å². The average Bonchev–Trinajstić information content (AvgIpc) is 3.13. The van der Waals surface area contributed by atoms with Crippen LogP contribution in [0.5, 0.6) is 5.75 Å². The minimum atomic E-state index is -1.77. The Hall–Kier alpha value is -3.16. The summed E-state index contributed by atoms with van der Waals surface area (Å²) in [5, 5.41) is 9.73. The summed E-state index contributed by atoms with van der Waals surface area (Å²) < 4.78 is 22.8. The van der Waals surface area contributed by atoms with E-state index >= 15 is 0 Å². The number of aliphatic carboxylic acids is 1. The van der Waals surface area contributed by atoms with Gasteiger partial charge >= 0.3 is 5.97 Å². The lowest BCUT2D eigenvalue weighted by atomic mass is 9.99. The van der Waals surface area contributed by atoms with Crippen LogP contribution in [0.1, 0.15) is 34.6 Å². The van der Waals surface area contributed by atoms with Crippen LogP contribution in [0.4, 0.5) is 0 Å². The number of aromatic nitrogens is 1. The molecule has 0 saturated carbocycles. The van der Waals surface area contributed by atoms with E-state index in [1.807, 2.05) is 45.0 Å². The van der Waals surface area contributed by atoms with Crippen molar-refractivity contribution >= 4 is 5.97 Å². The third-order valence-corrected chi connectivity index (χ3v) is 5.30. The van der Waals surface area contributed by atoms with E-state index in [9.17, 15) is 9.90 Å². The lowest BCUT2D eigenvalue weighted by molar-refractivity contribution is -0.273. The molecule has 4 rings (SSSR count). The molecule has 0 radical (unpaired) electrons. The second-order valence-corrected chi connectivity index (χ2v) is 7.63. The third kappa shape index (κ3) is 4.19. The van der Waals surface area contributed by atoms with Gasteiger partial charge in [-0.15, -0.1) is 0 Å². The van der Waals surface area contributed by atoms with Crippen LogP contribution >= 0.6 is 0 Å². The van der Waals surface area contributed by atoms with Crippen molar-refractivity contribution in [3.8, 4) is 17.2 Å². The number of ether oxygens (including phenoxy) is 3. The van der Waals surface area contributed by atoms with Crippen molar-refractivity contribution in [2.75, 3.05) is 13.2 Å². The van der Waals surface area contributed by atoms with Crippen LogP contribution < -0.4 is 4.74 Å². The molecule has 7 nitrogen and oxygen atoms in total. The van der Waals surface area contributed by atoms with Crippen molar-refractivity contribution in [2.45, 2.75) is 39.6 Å². The summed E-state index contributed by atoms with van der Waals surface area (Å²) >= 11 is 0. The van der Waals surface area contributed by atoms with Gasteiger partial charge in [-0.25, -0.2) is 9.78 Å². The minimum Gasteiger partial charge on any atom is -0.487 e. The Morgan fingerprint density at radius 3 is 2.45 bits per heavy atom. The van der Waals surface area contributed by atoms with Crippen molar-refractivity contribution in [2.24, 2.45) is 0 Å². The van der Waals surface area contributed by atoms with Crippen molar-refractivity contribution < 1.29 is 28.5 Å². The number of oxazole rings is 1. The zero-order chi connectivity index (χ0) is 22.0. The maximum absolute atomic E-state index is 11.9. The first-order valence-corrected chi connectivity index (χ1v) is 10.2. The number of nitrogens with zero attached hydrogens (tertiary/aromatic N) is 1. The molecule has 1 fully saturated rings. The van der Waals surface area contributed by atoms with E-state index in [0.717, 1.165) is 5.56 Å². The molecule has 7 heteroatoms. The maximum atomic E-state index is 11.9. The minimum absolute atomic E-state index is 0.233. The molecule has 0 spiro atoms. The Kier molecular flexibility index (Phi) is 5.80. The van der Waals surface area contributed by atoms with Crippen LogP contribution in [-0.2, 0) is 26.7 Å². The largest absolute Gasteiger partial charge is 0.487 e. The molecular formula is C24H25NO6. The smallest absolute Gasteiger partial charge is 0.369 e. The fraction of sp³-hybridized carbons (Fsp3) is 0.333. The number of aryl methyl sites for hydroxylation is 3. The number of hydrogen-bond donors (Lipinski definition) is 1. The van der Waals surface area contributed by atoms with Gasteiger partial charge in [-0.3, -0.25) is 0 Å². The molecule has 0 amide bonds. The molecule has 1 aliphatic heterocycles. The van der Waals surface area contributed by atoms with E-state index in [4.69, 9.17) is 18.6 Å². The van der Waals surface area contributed by atoms with E-state index in [1.165, 1.54) is 5.56 Å². The molecule has 1 N–H and O–H groups in total. The average molecular weight is 423 g/mol. The van der Waals surface area contributed by atoms with E-state index in [0.29, 0.717) is 53.9 Å². The second kappa shape index (κ2) is 8.53. The second-order valence-electron chi connectivity index (χ2n) is 7.63. The molecule has 3 aromatic rings. The summed E-state index contributed by atoms with van der Waals surface area (Å²) in [6.45, 7) is 6.59. The van der Waals surface area contributed by atoms with E-state index < -0.39 is 11.8 Å². The van der Waals surface area contributed by atoms with Crippen LogP contribution in [0.3, 0.4) is 0 Å². The number of carboxylic acid groups (broad SMARTS) is 1. The van der Waals surface area contributed by atoms with Crippen LogP contribution in [0, 0.1) is 20.8 Å². The van der Waals surface area contributed by atoms with Gasteiger partial charge in [0.05, 0.1) is 13.2 Å². The molecule has 2 heterocycles. The van der Waals surface area contributed by atoms with Gasteiger partial charge in [0, 0.05) is 11.1 Å². The highest BCUT2D eigenvalue weighted by atomic mass is 16.7. The highest BCUT2D eigenvalue weighted by Gasteiger charge is 2.46. The Morgan fingerprint density at radius 1 is 1.10 bits per heavy atom. The zero-order valence-electron chi connectivity index (χ0n) is 17.8. The number of hydrogen-bond acceptors (Lipinski definition) is 6. The van der Waals surface area contributed by atoms with Crippen molar-refractivity contribution in [3.63, 3.8) is 0 Å². The lowest BCUT2D eigenvalue weighted by Crippen LogP contribution is -2.45. The number of carbonyl (C=O) groups is 1. The molecule has 31 heavy (non-hydrogen) atoms. The normalized spacial score (nSPS) is 15.6. The van der Waals surface area contributed by atoms with Gasteiger partial charge in [-0.2, -0.15) is 0 Å². The lowest BCUT2D eigenvalue weighted by Gasteiger charge is -2.34. The van der Waals surface area contributed by atoms with E-state index in [-0.39, 0.29) is 6.61 Å². The molecule has 162 valence electrons. The van der Waals surface area contributed by atoms with Gasteiger partial charge in [-0.1, -0.05) is 17.7 Å². The van der Waals surface area contributed by atoms with Crippen LogP contribution in [0.15, 0.2) is 46.9 Å². The topological polar surface area (TPSA) is 91.0 Å². The summed E-state index contributed by atoms with van der Waals surface area (Å²) in [4.78, 5) is 16.5. The Morgan fingerprint density at radius 2 is 1.81 bits per heavy atom. The molecule has 1 aliphatic rings. The summed E-state index contributed by atoms with van der Waals surface area (Å²) in [5.74, 6) is -1.09. The predicted molar refractivity (Wildman–Crippen MR) is 113 cm³/mol. The SMILES string of the molecule is Cc1ccc(-c2nc(COc3ccc(C4(C(=O)O)OCCCO4)c(C)c3)c(C)o2)cc1. The summed E-state index contributed by atoms with van der Waals surface area (Å²) in [6, 6.07) is 13.1. The summed E-state index contributed by atoms with van der Waals surface area (Å²) in [5.41, 5.74) is 3.96. The van der Waals surface area contributed by atoms with Crippen LogP contribution in [0.2, 0.25) is 0 Å². The molecule has 0 bridgehead atoms. The van der Waals surface area contributed by atoms with Crippen LogP contribution in [-0.4, -0.2) is 29.3 Å². The van der Waals surface area contributed by atoms with Gasteiger partial charge in [0.15, 0.2) is 0 Å². The number of rotatable bonds is 6. The number of benzene rings is 2. The first-order valence-electron chi connectivity index (χ1n) is 10.2. The first kappa shape index (κ1) is 21.1. The Bertz CT molecular complexity index is 1080. The van der Waals surface area contributed by atoms with Crippen LogP contribution in [0.25, 0.3) is 11.5 Å². The number of carboxylic acids is 1. The summed E-state index contributed by atoms with van der Waals surface area (Å²) in [6.07, 6.45) is 0.664. The highest BCUT2D eigenvalue weighted by molar-refractivity contribution is 5.78. The van der Waals surface area contributed by atoms with Crippen molar-refractivity contribution in [3.05, 3.63) is 70.6 Å². The molecule has 0 aliphatic carbocycles. The summed E-state index contributed by atoms with van der Waals surface area (Å²) in [7, 11) is 0. The van der Waals surface area contributed by atoms with E-state index in [2.05, 4.69) is 4.98 Å². The van der Waals surface area contributed by atoms with Crippen molar-refractivity contribution in [1.82, 2.24) is 4.98 Å². The first-order chi connectivity index (χ1) is 14.9. The molecule has 2 aromatic carbocycles. The third-order valence-electron chi connectivity index (χ3n) is 5.30. The molecule has 0 unspecified atom stereocenters. The quantitative estimate of drug-likeness (QED) is 0.623. The van der Waals surface area contributed by atoms with Gasteiger partial charge in [0.2, 0.25) is 5.89 Å². The fourth-order valence-electron chi connectivity index (χ4n) is 3.56. The zero-order valence-corrected chi connectivity index (χ0v) is 17.8. The van der Waals surface area contributed by atoms with E-state index in [1.54, 1.807) is 18.2 Å². The fourth-order valence-corrected chi connectivity index (χ4v) is 3.56. The predicted octanol–water partition coefficient (Wildman–Crippen LogP) is 4.52. The Labute approximate surface area is 180 Å². The molecular weight excluding hydrogens is 398 g/mol. The van der Waals surface area contributed by atoms with Gasteiger partial charge in [0.1, 0.15) is 23.8 Å². The standard InChI is InChI=1S/C24H25NO6/c1-15-5-7-18(8-6-15)22-25-21(17(3)31-22)14-28-19-9-10-20(16(2)13-19)24(23(26)27)29-11-4-12-30-24/h5-10,13H,4,11-12,14H2,1-3H3,(H,26,27).